The summed E-state index contributed by atoms with van der Waals surface area (Å²) in [6, 6.07) is 19.8. The van der Waals surface area contributed by atoms with E-state index in [1.54, 1.807) is 36.4 Å². The van der Waals surface area contributed by atoms with Gasteiger partial charge in [0.1, 0.15) is 0 Å². The van der Waals surface area contributed by atoms with Gasteiger partial charge in [0, 0.05) is 37.3 Å². The predicted molar refractivity (Wildman–Crippen MR) is 122 cm³/mol. The average Bonchev–Trinajstić information content (AvgIpc) is 3.35. The van der Waals surface area contributed by atoms with Crippen molar-refractivity contribution in [3.8, 4) is 0 Å². The lowest BCUT2D eigenvalue weighted by atomic mass is 10.0. The zero-order valence-electron chi connectivity index (χ0n) is 17.0. The number of rotatable bonds is 6. The molecule has 0 aliphatic carbocycles. The SMILES string of the molecule is O=C(CN1CCN(C(=O)c2cccs2)CC1)Nc1ccccc1C(=O)c1ccccc1. The molecule has 31 heavy (non-hydrogen) atoms. The van der Waals surface area contributed by atoms with Crippen LogP contribution in [-0.4, -0.2) is 60.1 Å². The number of hydrogen-bond donors (Lipinski definition) is 1. The maximum absolute atomic E-state index is 12.8. The molecule has 0 atom stereocenters. The number of amides is 2. The van der Waals surface area contributed by atoms with E-state index in [4.69, 9.17) is 0 Å². The first-order valence-electron chi connectivity index (χ1n) is 10.2. The van der Waals surface area contributed by atoms with E-state index in [0.29, 0.717) is 43.0 Å². The summed E-state index contributed by atoms with van der Waals surface area (Å²) in [5, 5.41) is 4.78. The third kappa shape index (κ3) is 5.07. The highest BCUT2D eigenvalue weighted by Crippen LogP contribution is 2.20. The molecule has 6 nitrogen and oxygen atoms in total. The number of carbonyl (C=O) groups excluding carboxylic acids is 3. The normalized spacial score (nSPS) is 14.3. The molecule has 4 rings (SSSR count). The Labute approximate surface area is 185 Å². The molecule has 0 unspecified atom stereocenters. The van der Waals surface area contributed by atoms with Gasteiger partial charge in [-0.3, -0.25) is 19.3 Å². The van der Waals surface area contributed by atoms with Gasteiger partial charge in [0.15, 0.2) is 5.78 Å². The standard InChI is InChI=1S/C24H23N3O3S/c28-22(17-26-12-14-27(15-13-26)24(30)21-11-6-16-31-21)25-20-10-5-4-9-19(20)23(29)18-7-2-1-3-8-18/h1-11,16H,12-15,17H2,(H,25,28). The van der Waals surface area contributed by atoms with Gasteiger partial charge in [-0.1, -0.05) is 48.5 Å². The van der Waals surface area contributed by atoms with Crippen molar-refractivity contribution in [2.45, 2.75) is 0 Å². The van der Waals surface area contributed by atoms with Gasteiger partial charge in [0.25, 0.3) is 5.91 Å². The molecular weight excluding hydrogens is 410 g/mol. The van der Waals surface area contributed by atoms with Crippen LogP contribution in [-0.2, 0) is 4.79 Å². The van der Waals surface area contributed by atoms with Crippen LogP contribution in [0.15, 0.2) is 72.1 Å². The summed E-state index contributed by atoms with van der Waals surface area (Å²) in [5.74, 6) is -0.254. The molecule has 1 saturated heterocycles. The summed E-state index contributed by atoms with van der Waals surface area (Å²) in [7, 11) is 0. The van der Waals surface area contributed by atoms with Crippen molar-refractivity contribution >= 4 is 34.6 Å². The second-order valence-electron chi connectivity index (χ2n) is 7.33. The molecule has 1 aliphatic heterocycles. The molecule has 0 radical (unpaired) electrons. The fraction of sp³-hybridized carbons (Fsp3) is 0.208. The van der Waals surface area contributed by atoms with Crippen LogP contribution in [0.4, 0.5) is 5.69 Å². The van der Waals surface area contributed by atoms with Gasteiger partial charge in [-0.25, -0.2) is 0 Å². The largest absolute Gasteiger partial charge is 0.335 e. The van der Waals surface area contributed by atoms with Gasteiger partial charge in [-0.15, -0.1) is 11.3 Å². The Balaban J connectivity index is 1.34. The summed E-state index contributed by atoms with van der Waals surface area (Å²) < 4.78 is 0. The van der Waals surface area contributed by atoms with Crippen molar-refractivity contribution in [2.24, 2.45) is 0 Å². The molecule has 2 amide bonds. The quantitative estimate of drug-likeness (QED) is 0.605. The Morgan fingerprint density at radius 1 is 0.839 bits per heavy atom. The molecule has 2 heterocycles. The number of anilines is 1. The molecule has 3 aromatic rings. The van der Waals surface area contributed by atoms with E-state index in [9.17, 15) is 14.4 Å². The Morgan fingerprint density at radius 3 is 2.26 bits per heavy atom. The number of hydrogen-bond acceptors (Lipinski definition) is 5. The average molecular weight is 434 g/mol. The van der Waals surface area contributed by atoms with E-state index in [1.807, 2.05) is 45.5 Å². The van der Waals surface area contributed by atoms with Crippen LogP contribution >= 0.6 is 11.3 Å². The Hall–Kier alpha value is -3.29. The Kier molecular flexibility index (Phi) is 6.54. The molecule has 158 valence electrons. The molecule has 1 aromatic heterocycles. The highest BCUT2D eigenvalue weighted by atomic mass is 32.1. The van der Waals surface area contributed by atoms with Gasteiger partial charge < -0.3 is 10.2 Å². The second-order valence-corrected chi connectivity index (χ2v) is 8.28. The molecule has 2 aromatic carbocycles. The van der Waals surface area contributed by atoms with E-state index < -0.39 is 0 Å². The van der Waals surface area contributed by atoms with Gasteiger partial charge in [-0.05, 0) is 23.6 Å². The van der Waals surface area contributed by atoms with Gasteiger partial charge >= 0.3 is 0 Å². The summed E-state index contributed by atoms with van der Waals surface area (Å²) in [5.41, 5.74) is 1.55. The van der Waals surface area contributed by atoms with Crippen molar-refractivity contribution in [2.75, 3.05) is 38.0 Å². The smallest absolute Gasteiger partial charge is 0.264 e. The highest BCUT2D eigenvalue weighted by Gasteiger charge is 2.24. The summed E-state index contributed by atoms with van der Waals surface area (Å²) in [4.78, 5) is 42.5. The molecule has 0 spiro atoms. The molecule has 1 aliphatic rings. The zero-order chi connectivity index (χ0) is 21.6. The third-order valence-electron chi connectivity index (χ3n) is 5.24. The fourth-order valence-corrected chi connectivity index (χ4v) is 4.28. The van der Waals surface area contributed by atoms with Crippen LogP contribution < -0.4 is 5.32 Å². The van der Waals surface area contributed by atoms with E-state index in [-0.39, 0.29) is 24.1 Å². The zero-order valence-corrected chi connectivity index (χ0v) is 17.8. The third-order valence-corrected chi connectivity index (χ3v) is 6.10. The molecule has 1 N–H and O–H groups in total. The summed E-state index contributed by atoms with van der Waals surface area (Å²) >= 11 is 1.44. The first-order chi connectivity index (χ1) is 15.1. The number of nitrogens with one attached hydrogen (secondary N) is 1. The molecule has 0 saturated carbocycles. The Bertz CT molecular complexity index is 1060. The van der Waals surface area contributed by atoms with Crippen LogP contribution in [0.5, 0.6) is 0 Å². The second kappa shape index (κ2) is 9.68. The molecule has 0 bridgehead atoms. The lowest BCUT2D eigenvalue weighted by molar-refractivity contribution is -0.117. The number of ketones is 1. The monoisotopic (exact) mass is 433 g/mol. The maximum atomic E-state index is 12.8. The maximum Gasteiger partial charge on any atom is 0.264 e. The van der Waals surface area contributed by atoms with Crippen molar-refractivity contribution in [1.29, 1.82) is 0 Å². The van der Waals surface area contributed by atoms with E-state index in [1.165, 1.54) is 11.3 Å². The fourth-order valence-electron chi connectivity index (χ4n) is 3.59. The highest BCUT2D eigenvalue weighted by molar-refractivity contribution is 7.12. The van der Waals surface area contributed by atoms with Gasteiger partial charge in [0.2, 0.25) is 5.91 Å². The van der Waals surface area contributed by atoms with Crippen LogP contribution in [0.2, 0.25) is 0 Å². The minimum absolute atomic E-state index is 0.0486. The number of piperazine rings is 1. The topological polar surface area (TPSA) is 69.7 Å². The first-order valence-corrected chi connectivity index (χ1v) is 11.0. The van der Waals surface area contributed by atoms with E-state index >= 15 is 0 Å². The van der Waals surface area contributed by atoms with E-state index in [0.717, 1.165) is 4.88 Å². The van der Waals surface area contributed by atoms with Crippen molar-refractivity contribution < 1.29 is 14.4 Å². The predicted octanol–water partition coefficient (Wildman–Crippen LogP) is 3.38. The number of thiophene rings is 1. The van der Waals surface area contributed by atoms with Crippen LogP contribution in [0, 0.1) is 0 Å². The van der Waals surface area contributed by atoms with Crippen LogP contribution in [0.25, 0.3) is 0 Å². The lowest BCUT2D eigenvalue weighted by Gasteiger charge is -2.34. The van der Waals surface area contributed by atoms with Crippen LogP contribution in [0.1, 0.15) is 25.6 Å². The van der Waals surface area contributed by atoms with Crippen molar-refractivity contribution in [1.82, 2.24) is 9.80 Å². The van der Waals surface area contributed by atoms with Gasteiger partial charge in [0.05, 0.1) is 17.1 Å². The van der Waals surface area contributed by atoms with Crippen molar-refractivity contribution in [3.63, 3.8) is 0 Å². The van der Waals surface area contributed by atoms with Crippen molar-refractivity contribution in [3.05, 3.63) is 88.1 Å². The lowest BCUT2D eigenvalue weighted by Crippen LogP contribution is -2.50. The minimum Gasteiger partial charge on any atom is -0.335 e. The number of carbonyl (C=O) groups is 3. The Morgan fingerprint density at radius 2 is 1.55 bits per heavy atom. The van der Waals surface area contributed by atoms with Crippen LogP contribution in [0.3, 0.4) is 0 Å². The number of benzene rings is 2. The summed E-state index contributed by atoms with van der Waals surface area (Å²) in [6.07, 6.45) is 0. The molecule has 7 heteroatoms. The van der Waals surface area contributed by atoms with Gasteiger partial charge in [-0.2, -0.15) is 0 Å². The number of nitrogens with zero attached hydrogens (tertiary/aromatic N) is 2. The minimum atomic E-state index is -0.175. The number of para-hydroxylation sites is 1. The molecular formula is C24H23N3O3S. The van der Waals surface area contributed by atoms with E-state index in [2.05, 4.69) is 5.32 Å². The summed E-state index contributed by atoms with van der Waals surface area (Å²) in [6.45, 7) is 2.67. The molecule has 1 fully saturated rings. The first kappa shape index (κ1) is 21.0.